The van der Waals surface area contributed by atoms with Gasteiger partial charge in [0.2, 0.25) is 0 Å². The Bertz CT molecular complexity index is 237. The smallest absolute Gasteiger partial charge is 0.463 e. The average Bonchev–Trinajstić information content (AvgIpc) is 2.26. The van der Waals surface area contributed by atoms with Gasteiger partial charge in [-0.1, -0.05) is 13.5 Å². The van der Waals surface area contributed by atoms with Gasteiger partial charge in [0.15, 0.2) is 0 Å². The van der Waals surface area contributed by atoms with E-state index in [4.69, 9.17) is 9.84 Å². The van der Waals surface area contributed by atoms with Crippen LogP contribution in [0.1, 0.15) is 32.6 Å². The molecule has 0 aliphatic carbocycles. The van der Waals surface area contributed by atoms with E-state index in [1.54, 1.807) is 0 Å². The summed E-state index contributed by atoms with van der Waals surface area (Å²) in [7, 11) is 0. The summed E-state index contributed by atoms with van der Waals surface area (Å²) in [5.41, 5.74) is 0. The monoisotopic (exact) mass is 230 g/mol. The van der Waals surface area contributed by atoms with Gasteiger partial charge in [-0.3, -0.25) is 0 Å². The summed E-state index contributed by atoms with van der Waals surface area (Å²) < 4.78 is 9.41. The van der Waals surface area contributed by atoms with Crippen molar-refractivity contribution in [2.24, 2.45) is 0 Å². The maximum atomic E-state index is 10.7. The maximum absolute atomic E-state index is 10.7. The molecule has 0 amide bonds. The van der Waals surface area contributed by atoms with E-state index in [1.165, 1.54) is 0 Å². The molecule has 0 aromatic heterocycles. The summed E-state index contributed by atoms with van der Waals surface area (Å²) in [5.74, 6) is -0.436. The van der Waals surface area contributed by atoms with Gasteiger partial charge in [-0.15, -0.1) is 0 Å². The van der Waals surface area contributed by atoms with Crippen LogP contribution in [0.25, 0.3) is 0 Å². The highest BCUT2D eigenvalue weighted by molar-refractivity contribution is 5.81. The van der Waals surface area contributed by atoms with E-state index in [0.717, 1.165) is 12.5 Å². The van der Waals surface area contributed by atoms with Crippen molar-refractivity contribution in [1.82, 2.24) is 0 Å². The first-order chi connectivity index (χ1) is 7.60. The van der Waals surface area contributed by atoms with Crippen LogP contribution in [-0.2, 0) is 14.3 Å². The molecule has 16 heavy (non-hydrogen) atoms. The molecule has 0 fully saturated rings. The third-order valence-corrected chi connectivity index (χ3v) is 2.05. The molecule has 92 valence electrons. The molecular formula is C11H18O5. The number of ether oxygens (including phenoxy) is 2. The van der Waals surface area contributed by atoms with Gasteiger partial charge in [0.25, 0.3) is 0 Å². The fourth-order valence-electron chi connectivity index (χ4n) is 1.19. The van der Waals surface area contributed by atoms with Crippen molar-refractivity contribution in [3.05, 3.63) is 12.7 Å². The number of carbonyl (C=O) groups excluding carboxylic acids is 1. The first kappa shape index (κ1) is 14.5. The fourth-order valence-corrected chi connectivity index (χ4v) is 1.19. The van der Waals surface area contributed by atoms with Crippen LogP contribution in [0.3, 0.4) is 0 Å². The third kappa shape index (κ3) is 7.84. The summed E-state index contributed by atoms with van der Waals surface area (Å²) in [6.07, 6.45) is 2.35. The molecule has 5 heteroatoms. The molecular weight excluding hydrogens is 212 g/mol. The van der Waals surface area contributed by atoms with Crippen molar-refractivity contribution in [2.45, 2.75) is 38.7 Å². The summed E-state index contributed by atoms with van der Waals surface area (Å²) in [4.78, 5) is 21.0. The van der Waals surface area contributed by atoms with E-state index in [2.05, 4.69) is 11.3 Å². The van der Waals surface area contributed by atoms with Crippen LogP contribution in [0.15, 0.2) is 12.7 Å². The Morgan fingerprint density at radius 3 is 2.62 bits per heavy atom. The van der Waals surface area contributed by atoms with E-state index < -0.39 is 12.1 Å². The topological polar surface area (TPSA) is 72.8 Å². The second kappa shape index (κ2) is 8.76. The van der Waals surface area contributed by atoms with Crippen molar-refractivity contribution in [2.75, 3.05) is 6.61 Å². The van der Waals surface area contributed by atoms with Crippen LogP contribution in [0, 0.1) is 0 Å². The average molecular weight is 230 g/mol. The Kier molecular flexibility index (Phi) is 7.93. The zero-order valence-corrected chi connectivity index (χ0v) is 9.48. The van der Waals surface area contributed by atoms with Crippen LogP contribution < -0.4 is 0 Å². The Morgan fingerprint density at radius 2 is 2.12 bits per heavy atom. The van der Waals surface area contributed by atoms with Gasteiger partial charge < -0.3 is 14.6 Å². The van der Waals surface area contributed by atoms with Crippen LogP contribution >= 0.6 is 0 Å². The van der Waals surface area contributed by atoms with Gasteiger partial charge in [0.05, 0.1) is 6.61 Å². The van der Waals surface area contributed by atoms with Crippen LogP contribution in [-0.4, -0.2) is 29.9 Å². The number of unbranched alkanes of at least 4 members (excludes halogenated alkanes) is 1. The molecule has 1 atom stereocenters. The van der Waals surface area contributed by atoms with Crippen molar-refractivity contribution in [1.29, 1.82) is 0 Å². The molecule has 0 aliphatic heterocycles. The van der Waals surface area contributed by atoms with Crippen LogP contribution in [0.4, 0.5) is 4.79 Å². The molecule has 0 aromatic rings. The maximum Gasteiger partial charge on any atom is 0.506 e. The van der Waals surface area contributed by atoms with Gasteiger partial charge in [0.1, 0.15) is 6.10 Å². The van der Waals surface area contributed by atoms with Crippen molar-refractivity contribution in [3.8, 4) is 0 Å². The normalized spacial score (nSPS) is 11.6. The SMILES string of the molecule is C=CC(=O)OCCCCC(CC)OC(=O)O. The molecule has 1 unspecified atom stereocenters. The lowest BCUT2D eigenvalue weighted by molar-refractivity contribution is -0.137. The van der Waals surface area contributed by atoms with Gasteiger partial charge in [-0.2, -0.15) is 0 Å². The third-order valence-electron chi connectivity index (χ3n) is 2.05. The highest BCUT2D eigenvalue weighted by atomic mass is 16.7. The second-order valence-corrected chi connectivity index (χ2v) is 3.28. The van der Waals surface area contributed by atoms with E-state index in [0.29, 0.717) is 25.9 Å². The molecule has 0 saturated carbocycles. The number of esters is 1. The summed E-state index contributed by atoms with van der Waals surface area (Å²) in [6.45, 7) is 5.47. The molecule has 5 nitrogen and oxygen atoms in total. The number of hydrogen-bond acceptors (Lipinski definition) is 4. The van der Waals surface area contributed by atoms with E-state index in [-0.39, 0.29) is 6.10 Å². The second-order valence-electron chi connectivity index (χ2n) is 3.28. The molecule has 0 radical (unpaired) electrons. The van der Waals surface area contributed by atoms with Gasteiger partial charge in [0, 0.05) is 6.08 Å². The zero-order valence-electron chi connectivity index (χ0n) is 9.48. The Hall–Kier alpha value is -1.52. The first-order valence-electron chi connectivity index (χ1n) is 5.29. The molecule has 0 aromatic carbocycles. The van der Waals surface area contributed by atoms with Gasteiger partial charge >= 0.3 is 12.1 Å². The van der Waals surface area contributed by atoms with Crippen molar-refractivity contribution >= 4 is 12.1 Å². The predicted molar refractivity (Wildman–Crippen MR) is 58.2 cm³/mol. The molecule has 1 N–H and O–H groups in total. The lowest BCUT2D eigenvalue weighted by Crippen LogP contribution is -2.16. The minimum atomic E-state index is -1.25. The van der Waals surface area contributed by atoms with Crippen LogP contribution in [0.5, 0.6) is 0 Å². The number of carbonyl (C=O) groups is 2. The van der Waals surface area contributed by atoms with E-state index >= 15 is 0 Å². The summed E-state index contributed by atoms with van der Waals surface area (Å²) in [5, 5.41) is 8.42. The largest absolute Gasteiger partial charge is 0.506 e. The fraction of sp³-hybridized carbons (Fsp3) is 0.636. The van der Waals surface area contributed by atoms with Gasteiger partial charge in [-0.25, -0.2) is 9.59 Å². The van der Waals surface area contributed by atoms with Gasteiger partial charge in [-0.05, 0) is 25.7 Å². The standard InChI is InChI=1S/C11H18O5/c1-3-9(16-11(13)14)7-5-6-8-15-10(12)4-2/h4,9H,2-3,5-8H2,1H3,(H,13,14). The lowest BCUT2D eigenvalue weighted by Gasteiger charge is -2.13. The van der Waals surface area contributed by atoms with E-state index in [9.17, 15) is 9.59 Å². The molecule has 0 heterocycles. The minimum absolute atomic E-state index is 0.271. The molecule has 0 bridgehead atoms. The quantitative estimate of drug-likeness (QED) is 0.393. The minimum Gasteiger partial charge on any atom is -0.463 e. The molecule has 0 spiro atoms. The molecule has 0 aliphatic rings. The number of carboxylic acid groups (broad SMARTS) is 1. The molecule has 0 rings (SSSR count). The van der Waals surface area contributed by atoms with Crippen LogP contribution in [0.2, 0.25) is 0 Å². The summed E-state index contributed by atoms with van der Waals surface area (Å²) >= 11 is 0. The zero-order chi connectivity index (χ0) is 12.4. The Balaban J connectivity index is 3.51. The Morgan fingerprint density at radius 1 is 1.44 bits per heavy atom. The Labute approximate surface area is 95.0 Å². The highest BCUT2D eigenvalue weighted by Crippen LogP contribution is 2.09. The molecule has 0 saturated heterocycles. The number of hydrogen-bond donors (Lipinski definition) is 1. The van der Waals surface area contributed by atoms with Crippen molar-refractivity contribution in [3.63, 3.8) is 0 Å². The van der Waals surface area contributed by atoms with E-state index in [1.807, 2.05) is 6.92 Å². The number of rotatable bonds is 8. The van der Waals surface area contributed by atoms with Crippen molar-refractivity contribution < 1.29 is 24.2 Å². The predicted octanol–water partition coefficient (Wildman–Crippen LogP) is 2.36. The first-order valence-corrected chi connectivity index (χ1v) is 5.29. The highest BCUT2D eigenvalue weighted by Gasteiger charge is 2.10. The lowest BCUT2D eigenvalue weighted by atomic mass is 10.1. The summed E-state index contributed by atoms with van der Waals surface area (Å²) in [6, 6.07) is 0.